The molecule has 4 heteroatoms. The predicted molar refractivity (Wildman–Crippen MR) is 86.6 cm³/mol. The van der Waals surface area contributed by atoms with Crippen LogP contribution in [0, 0.1) is 5.82 Å². The van der Waals surface area contributed by atoms with Crippen LogP contribution in [0.5, 0.6) is 0 Å². The van der Waals surface area contributed by atoms with Crippen LogP contribution in [-0.2, 0) is 13.0 Å². The van der Waals surface area contributed by atoms with Crippen LogP contribution in [0.2, 0.25) is 0 Å². The summed E-state index contributed by atoms with van der Waals surface area (Å²) in [5.74, 6) is -0.208. The van der Waals surface area contributed by atoms with E-state index in [1.54, 1.807) is 12.1 Å². The van der Waals surface area contributed by atoms with E-state index in [0.717, 1.165) is 17.4 Å². The number of hydrogen-bond acceptors (Lipinski definition) is 2. The number of nitrogens with zero attached hydrogens (tertiary/aromatic N) is 1. The number of rotatable bonds is 7. The average molecular weight is 352 g/mol. The van der Waals surface area contributed by atoms with Crippen LogP contribution in [0.15, 0.2) is 53.0 Å². The Morgan fingerprint density at radius 1 is 1.05 bits per heavy atom. The molecule has 0 aliphatic heterocycles. The standard InChI is InChI=1S/C17H19BrFNO/c18-16-6-7-17(19)15(12-16)13-20(10-11-21)9-8-14-4-2-1-3-5-14/h1-7,12,21H,8-11,13H2. The van der Waals surface area contributed by atoms with Gasteiger partial charge in [-0.2, -0.15) is 0 Å². The van der Waals surface area contributed by atoms with Gasteiger partial charge in [-0.1, -0.05) is 46.3 Å². The van der Waals surface area contributed by atoms with E-state index in [1.807, 2.05) is 18.2 Å². The molecule has 2 aromatic rings. The molecule has 2 aromatic carbocycles. The molecule has 0 heterocycles. The maximum atomic E-state index is 13.8. The van der Waals surface area contributed by atoms with E-state index in [1.165, 1.54) is 11.6 Å². The van der Waals surface area contributed by atoms with Crippen LogP contribution in [0.3, 0.4) is 0 Å². The molecule has 2 nitrogen and oxygen atoms in total. The molecule has 0 saturated heterocycles. The van der Waals surface area contributed by atoms with Gasteiger partial charge in [0.25, 0.3) is 0 Å². The van der Waals surface area contributed by atoms with Gasteiger partial charge in [-0.15, -0.1) is 0 Å². The highest BCUT2D eigenvalue weighted by molar-refractivity contribution is 9.10. The Morgan fingerprint density at radius 2 is 1.81 bits per heavy atom. The SMILES string of the molecule is OCCN(CCc1ccccc1)Cc1cc(Br)ccc1F. The van der Waals surface area contributed by atoms with E-state index in [4.69, 9.17) is 0 Å². The zero-order valence-corrected chi connectivity index (χ0v) is 13.4. The fourth-order valence-corrected chi connectivity index (χ4v) is 2.66. The maximum absolute atomic E-state index is 13.8. The molecule has 0 atom stereocenters. The Kier molecular flexibility index (Phi) is 6.36. The van der Waals surface area contributed by atoms with E-state index in [-0.39, 0.29) is 12.4 Å². The molecule has 0 radical (unpaired) electrons. The average Bonchev–Trinajstić information content (AvgIpc) is 2.50. The summed E-state index contributed by atoms with van der Waals surface area (Å²) in [6.07, 6.45) is 0.885. The molecule has 0 fully saturated rings. The number of hydrogen-bond donors (Lipinski definition) is 1. The second-order valence-corrected chi connectivity index (χ2v) is 5.89. The smallest absolute Gasteiger partial charge is 0.127 e. The molecule has 2 rings (SSSR count). The Bertz CT molecular complexity index is 562. The quantitative estimate of drug-likeness (QED) is 0.823. The minimum atomic E-state index is -0.208. The molecule has 0 amide bonds. The normalized spacial score (nSPS) is 11.0. The van der Waals surface area contributed by atoms with Crippen LogP contribution >= 0.6 is 15.9 Å². The lowest BCUT2D eigenvalue weighted by atomic mass is 10.1. The van der Waals surface area contributed by atoms with Crippen molar-refractivity contribution in [3.8, 4) is 0 Å². The van der Waals surface area contributed by atoms with E-state index < -0.39 is 0 Å². The molecule has 0 saturated carbocycles. The number of aliphatic hydroxyl groups excluding tert-OH is 1. The van der Waals surface area contributed by atoms with E-state index in [0.29, 0.717) is 18.7 Å². The van der Waals surface area contributed by atoms with Gasteiger partial charge in [-0.05, 0) is 30.2 Å². The van der Waals surface area contributed by atoms with Gasteiger partial charge in [0.1, 0.15) is 5.82 Å². The lowest BCUT2D eigenvalue weighted by Crippen LogP contribution is -2.29. The molecule has 112 valence electrons. The first-order valence-corrected chi connectivity index (χ1v) is 7.79. The molecular weight excluding hydrogens is 333 g/mol. The topological polar surface area (TPSA) is 23.5 Å². The Hall–Kier alpha value is -1.23. The molecule has 0 unspecified atom stereocenters. The van der Waals surface area contributed by atoms with Crippen molar-refractivity contribution in [2.45, 2.75) is 13.0 Å². The lowest BCUT2D eigenvalue weighted by molar-refractivity contribution is 0.190. The van der Waals surface area contributed by atoms with Gasteiger partial charge in [0.05, 0.1) is 6.61 Å². The lowest BCUT2D eigenvalue weighted by Gasteiger charge is -2.22. The summed E-state index contributed by atoms with van der Waals surface area (Å²) in [5.41, 5.74) is 1.89. The third-order valence-electron chi connectivity index (χ3n) is 3.38. The molecule has 0 spiro atoms. The summed E-state index contributed by atoms with van der Waals surface area (Å²) < 4.78 is 14.7. The molecule has 0 aromatic heterocycles. The van der Waals surface area contributed by atoms with Crippen molar-refractivity contribution in [3.05, 3.63) is 69.9 Å². The van der Waals surface area contributed by atoms with Crippen LogP contribution in [0.4, 0.5) is 4.39 Å². The van der Waals surface area contributed by atoms with Crippen LogP contribution in [0.1, 0.15) is 11.1 Å². The highest BCUT2D eigenvalue weighted by Crippen LogP contribution is 2.17. The van der Waals surface area contributed by atoms with Gasteiger partial charge in [-0.25, -0.2) is 4.39 Å². The minimum Gasteiger partial charge on any atom is -0.395 e. The van der Waals surface area contributed by atoms with Gasteiger partial charge < -0.3 is 5.11 Å². The van der Waals surface area contributed by atoms with Crippen molar-refractivity contribution in [1.29, 1.82) is 0 Å². The van der Waals surface area contributed by atoms with Crippen molar-refractivity contribution >= 4 is 15.9 Å². The van der Waals surface area contributed by atoms with E-state index in [9.17, 15) is 9.50 Å². The van der Waals surface area contributed by atoms with Gasteiger partial charge >= 0.3 is 0 Å². The van der Waals surface area contributed by atoms with Gasteiger partial charge in [0, 0.05) is 29.7 Å². The summed E-state index contributed by atoms with van der Waals surface area (Å²) in [4.78, 5) is 2.07. The third-order valence-corrected chi connectivity index (χ3v) is 3.87. The highest BCUT2D eigenvalue weighted by Gasteiger charge is 2.10. The highest BCUT2D eigenvalue weighted by atomic mass is 79.9. The second-order valence-electron chi connectivity index (χ2n) is 4.97. The Labute approximate surface area is 133 Å². The van der Waals surface area contributed by atoms with Crippen LogP contribution in [0.25, 0.3) is 0 Å². The summed E-state index contributed by atoms with van der Waals surface area (Å²) in [6, 6.07) is 15.1. The first kappa shape index (κ1) is 16.1. The summed E-state index contributed by atoms with van der Waals surface area (Å²) in [6.45, 7) is 1.90. The molecule has 21 heavy (non-hydrogen) atoms. The largest absolute Gasteiger partial charge is 0.395 e. The maximum Gasteiger partial charge on any atom is 0.127 e. The van der Waals surface area contributed by atoms with E-state index >= 15 is 0 Å². The molecule has 0 bridgehead atoms. The Balaban J connectivity index is 2.00. The first-order valence-electron chi connectivity index (χ1n) is 7.00. The summed E-state index contributed by atoms with van der Waals surface area (Å²) >= 11 is 3.37. The molecular formula is C17H19BrFNO. The Morgan fingerprint density at radius 3 is 2.52 bits per heavy atom. The molecule has 0 aliphatic carbocycles. The molecule has 1 N–H and O–H groups in total. The zero-order chi connectivity index (χ0) is 15.1. The van der Waals surface area contributed by atoms with Crippen molar-refractivity contribution < 1.29 is 9.50 Å². The fraction of sp³-hybridized carbons (Fsp3) is 0.294. The predicted octanol–water partition coefficient (Wildman–Crippen LogP) is 3.63. The minimum absolute atomic E-state index is 0.0738. The van der Waals surface area contributed by atoms with Crippen molar-refractivity contribution in [3.63, 3.8) is 0 Å². The van der Waals surface area contributed by atoms with Crippen LogP contribution in [-0.4, -0.2) is 29.7 Å². The van der Waals surface area contributed by atoms with Gasteiger partial charge in [0.15, 0.2) is 0 Å². The first-order chi connectivity index (χ1) is 10.2. The van der Waals surface area contributed by atoms with Gasteiger partial charge in [-0.3, -0.25) is 4.90 Å². The number of aliphatic hydroxyl groups is 1. The van der Waals surface area contributed by atoms with Gasteiger partial charge in [0.2, 0.25) is 0 Å². The monoisotopic (exact) mass is 351 g/mol. The van der Waals surface area contributed by atoms with E-state index in [2.05, 4.69) is 33.0 Å². The summed E-state index contributed by atoms with van der Waals surface area (Å²) in [5, 5.41) is 9.19. The van der Waals surface area contributed by atoms with Crippen molar-refractivity contribution in [1.82, 2.24) is 4.90 Å². The fourth-order valence-electron chi connectivity index (χ4n) is 2.25. The van der Waals surface area contributed by atoms with Crippen molar-refractivity contribution in [2.24, 2.45) is 0 Å². The number of halogens is 2. The third kappa shape index (κ3) is 5.23. The number of benzene rings is 2. The molecule has 0 aliphatic rings. The van der Waals surface area contributed by atoms with Crippen molar-refractivity contribution in [2.75, 3.05) is 19.7 Å². The zero-order valence-electron chi connectivity index (χ0n) is 11.8. The summed E-state index contributed by atoms with van der Waals surface area (Å²) in [7, 11) is 0. The van der Waals surface area contributed by atoms with Crippen LogP contribution < -0.4 is 0 Å². The second kappa shape index (κ2) is 8.27.